The smallest absolute Gasteiger partial charge is 0.543 e. The van der Waals surface area contributed by atoms with Crippen molar-refractivity contribution in [2.75, 3.05) is 0 Å². The van der Waals surface area contributed by atoms with E-state index in [0.29, 0.717) is 5.56 Å². The zero-order chi connectivity index (χ0) is 13.1. The van der Waals surface area contributed by atoms with E-state index in [1.807, 2.05) is 0 Å². The van der Waals surface area contributed by atoms with Gasteiger partial charge in [-0.3, -0.25) is 0 Å². The topological polar surface area (TPSA) is 81.7 Å². The number of hydrogen-bond donors (Lipinski definition) is 0. The maximum atomic E-state index is 13.4. The van der Waals surface area contributed by atoms with Gasteiger partial charge >= 0.3 is 18.9 Å². The quantitative estimate of drug-likeness (QED) is 0.556. The number of nitrogens with zero attached hydrogens (tertiary/aromatic N) is 3. The SMILES string of the molecule is N#Cc1ccc(Cn2cncc2C(=O)[O-])cc1F.[Li+]. The summed E-state index contributed by atoms with van der Waals surface area (Å²) in [5.41, 5.74) is 0.399. The Kier molecular flexibility index (Phi) is 4.88. The number of aromatic carboxylic acids is 1. The summed E-state index contributed by atoms with van der Waals surface area (Å²) in [6.45, 7) is 0.145. The zero-order valence-corrected chi connectivity index (χ0v) is 10.1. The van der Waals surface area contributed by atoms with E-state index < -0.39 is 11.8 Å². The Morgan fingerprint density at radius 2 is 2.26 bits per heavy atom. The van der Waals surface area contributed by atoms with Gasteiger partial charge in [0.25, 0.3) is 0 Å². The molecule has 0 fully saturated rings. The maximum Gasteiger partial charge on any atom is 1.00 e. The summed E-state index contributed by atoms with van der Waals surface area (Å²) in [5, 5.41) is 19.3. The molecule has 1 aromatic carbocycles. The van der Waals surface area contributed by atoms with Gasteiger partial charge in [-0.05, 0) is 17.7 Å². The summed E-state index contributed by atoms with van der Waals surface area (Å²) in [7, 11) is 0. The van der Waals surface area contributed by atoms with E-state index >= 15 is 0 Å². The van der Waals surface area contributed by atoms with E-state index in [1.54, 1.807) is 12.1 Å². The normalized spacial score (nSPS) is 9.47. The van der Waals surface area contributed by atoms with Gasteiger partial charge in [-0.15, -0.1) is 0 Å². The molecule has 1 heterocycles. The summed E-state index contributed by atoms with van der Waals surface area (Å²) in [5.74, 6) is -1.98. The van der Waals surface area contributed by atoms with Gasteiger partial charge in [0.15, 0.2) is 0 Å². The van der Waals surface area contributed by atoms with Gasteiger partial charge in [0.05, 0.1) is 29.8 Å². The summed E-state index contributed by atoms with van der Waals surface area (Å²) in [4.78, 5) is 14.4. The molecule has 0 saturated heterocycles. The Morgan fingerprint density at radius 3 is 2.84 bits per heavy atom. The first-order chi connectivity index (χ1) is 8.61. The molecule has 0 amide bonds. The minimum atomic E-state index is -1.35. The molecule has 19 heavy (non-hydrogen) atoms. The van der Waals surface area contributed by atoms with Crippen LogP contribution in [0, 0.1) is 17.1 Å². The molecule has 0 aliphatic carbocycles. The number of imidazole rings is 1. The molecule has 7 heteroatoms. The van der Waals surface area contributed by atoms with Gasteiger partial charge in [0.2, 0.25) is 0 Å². The molecule has 5 nitrogen and oxygen atoms in total. The number of aromatic nitrogens is 2. The number of halogens is 1. The molecular weight excluding hydrogens is 244 g/mol. The van der Waals surface area contributed by atoms with E-state index in [4.69, 9.17) is 5.26 Å². The number of carbonyl (C=O) groups excluding carboxylic acids is 1. The summed E-state index contributed by atoms with van der Waals surface area (Å²) < 4.78 is 14.7. The third-order valence-corrected chi connectivity index (χ3v) is 2.43. The Bertz CT molecular complexity index is 649. The van der Waals surface area contributed by atoms with Crippen LogP contribution in [0.2, 0.25) is 0 Å². The second-order valence-electron chi connectivity index (χ2n) is 3.62. The van der Waals surface area contributed by atoms with Gasteiger partial charge in [0, 0.05) is 6.54 Å². The predicted molar refractivity (Wildman–Crippen MR) is 56.8 cm³/mol. The van der Waals surface area contributed by atoms with Crippen LogP contribution in [-0.4, -0.2) is 15.5 Å². The minimum absolute atomic E-state index is 0. The average molecular weight is 251 g/mol. The van der Waals surface area contributed by atoms with E-state index in [-0.39, 0.29) is 36.7 Å². The Labute approximate surface area is 120 Å². The van der Waals surface area contributed by atoms with Gasteiger partial charge in [0.1, 0.15) is 11.9 Å². The van der Waals surface area contributed by atoms with Gasteiger partial charge in [-0.1, -0.05) is 6.07 Å². The van der Waals surface area contributed by atoms with Crippen LogP contribution in [0.15, 0.2) is 30.7 Å². The first-order valence-corrected chi connectivity index (χ1v) is 5.02. The molecule has 0 atom stereocenters. The van der Waals surface area contributed by atoms with Crippen LogP contribution in [0.4, 0.5) is 4.39 Å². The fourth-order valence-electron chi connectivity index (χ4n) is 1.56. The number of rotatable bonds is 3. The second-order valence-corrected chi connectivity index (χ2v) is 3.62. The molecule has 2 rings (SSSR count). The third kappa shape index (κ3) is 3.23. The third-order valence-electron chi connectivity index (χ3n) is 2.43. The number of hydrogen-bond acceptors (Lipinski definition) is 4. The number of carbonyl (C=O) groups is 1. The van der Waals surface area contributed by atoms with E-state index in [2.05, 4.69) is 4.98 Å². The van der Waals surface area contributed by atoms with Crippen molar-refractivity contribution in [3.8, 4) is 6.07 Å². The van der Waals surface area contributed by atoms with Crippen molar-refractivity contribution in [3.63, 3.8) is 0 Å². The summed E-state index contributed by atoms with van der Waals surface area (Å²) >= 11 is 0. The first-order valence-electron chi connectivity index (χ1n) is 5.02. The second kappa shape index (κ2) is 6.19. The summed E-state index contributed by atoms with van der Waals surface area (Å²) in [6, 6.07) is 5.81. The molecule has 0 aliphatic heterocycles. The summed E-state index contributed by atoms with van der Waals surface area (Å²) in [6.07, 6.45) is 2.48. The predicted octanol–water partition coefficient (Wildman–Crippen LogP) is -2.69. The molecule has 0 saturated carbocycles. The maximum absolute atomic E-state index is 13.4. The van der Waals surface area contributed by atoms with E-state index in [1.165, 1.54) is 23.0 Å². The van der Waals surface area contributed by atoms with Crippen molar-refractivity contribution in [1.29, 1.82) is 5.26 Å². The van der Waals surface area contributed by atoms with Crippen molar-refractivity contribution < 1.29 is 33.2 Å². The molecule has 1 aromatic heterocycles. The number of nitriles is 1. The van der Waals surface area contributed by atoms with Crippen LogP contribution < -0.4 is 24.0 Å². The number of carboxylic acids is 1. The van der Waals surface area contributed by atoms with Crippen LogP contribution in [0.25, 0.3) is 0 Å². The van der Waals surface area contributed by atoms with Crippen molar-refractivity contribution in [2.24, 2.45) is 0 Å². The van der Waals surface area contributed by atoms with E-state index in [9.17, 15) is 14.3 Å². The Hall–Kier alpha value is -2.08. The van der Waals surface area contributed by atoms with Gasteiger partial charge in [-0.2, -0.15) is 5.26 Å². The number of carboxylic acid groups (broad SMARTS) is 1. The van der Waals surface area contributed by atoms with Crippen LogP contribution in [0.3, 0.4) is 0 Å². The van der Waals surface area contributed by atoms with Crippen LogP contribution in [0.5, 0.6) is 0 Å². The molecule has 0 radical (unpaired) electrons. The van der Waals surface area contributed by atoms with Crippen molar-refractivity contribution in [2.45, 2.75) is 6.54 Å². The fourth-order valence-corrected chi connectivity index (χ4v) is 1.56. The van der Waals surface area contributed by atoms with Crippen molar-refractivity contribution in [3.05, 3.63) is 53.4 Å². The van der Waals surface area contributed by atoms with Crippen molar-refractivity contribution in [1.82, 2.24) is 9.55 Å². The Morgan fingerprint density at radius 1 is 1.53 bits per heavy atom. The van der Waals surface area contributed by atoms with Crippen LogP contribution >= 0.6 is 0 Å². The monoisotopic (exact) mass is 251 g/mol. The van der Waals surface area contributed by atoms with Gasteiger partial charge in [-0.25, -0.2) is 9.37 Å². The van der Waals surface area contributed by atoms with Crippen LogP contribution in [-0.2, 0) is 6.54 Å². The van der Waals surface area contributed by atoms with Gasteiger partial charge < -0.3 is 14.5 Å². The molecular formula is C12H7FLiN3O2. The molecule has 0 aliphatic rings. The first kappa shape index (κ1) is 15.0. The van der Waals surface area contributed by atoms with E-state index in [0.717, 1.165) is 6.20 Å². The fraction of sp³-hybridized carbons (Fsp3) is 0.0833. The molecule has 0 N–H and O–H groups in total. The minimum Gasteiger partial charge on any atom is -0.543 e. The van der Waals surface area contributed by atoms with Crippen molar-refractivity contribution >= 4 is 5.97 Å². The molecule has 0 spiro atoms. The standard InChI is InChI=1S/C12H8FN3O2.Li/c13-10-3-8(1-2-9(10)4-14)6-16-7-15-5-11(16)12(17)18;/h1-3,5,7H,6H2,(H,17,18);/q;+1/p-1. The largest absolute Gasteiger partial charge is 1.00 e. The zero-order valence-electron chi connectivity index (χ0n) is 10.1. The number of benzene rings is 1. The molecule has 90 valence electrons. The molecule has 2 aromatic rings. The Balaban J connectivity index is 0.00000180. The van der Waals surface area contributed by atoms with Crippen LogP contribution in [0.1, 0.15) is 21.6 Å². The molecule has 0 unspecified atom stereocenters. The average Bonchev–Trinajstić information content (AvgIpc) is 2.77. The molecule has 0 bridgehead atoms.